The highest BCUT2D eigenvalue weighted by atomic mass is 35.5. The summed E-state index contributed by atoms with van der Waals surface area (Å²) in [7, 11) is 0. The molecular weight excluding hydrogens is 410 g/mol. The lowest BCUT2D eigenvalue weighted by Crippen LogP contribution is -2.34. The summed E-state index contributed by atoms with van der Waals surface area (Å²) in [6.45, 7) is 0.743. The van der Waals surface area contributed by atoms with E-state index in [0.717, 1.165) is 5.75 Å². The second-order valence-electron chi connectivity index (χ2n) is 5.82. The number of hydrogen-bond donors (Lipinski definition) is 2. The number of rotatable bonds is 7. The number of carbonyl (C=O) groups is 1. The number of hydrogen-bond acceptors (Lipinski definition) is 5. The predicted octanol–water partition coefficient (Wildman–Crippen LogP) is 4.32. The number of thiocarbonyl (C=S) groups is 1. The second-order valence-corrected chi connectivity index (χ2v) is 6.61. The molecule has 0 aliphatic heterocycles. The molecule has 0 atom stereocenters. The van der Waals surface area contributed by atoms with Gasteiger partial charge in [-0.05, 0) is 54.7 Å². The minimum absolute atomic E-state index is 0.154. The Morgan fingerprint density at radius 3 is 2.41 bits per heavy atom. The van der Waals surface area contributed by atoms with Crippen LogP contribution in [-0.2, 0) is 0 Å². The number of carbonyl (C=O) groups excluding carboxylic acids is 1. The van der Waals surface area contributed by atoms with Crippen molar-refractivity contribution in [3.63, 3.8) is 0 Å². The van der Waals surface area contributed by atoms with Crippen molar-refractivity contribution in [2.24, 2.45) is 0 Å². The van der Waals surface area contributed by atoms with Crippen LogP contribution in [0.4, 0.5) is 5.69 Å². The Bertz CT molecular complexity index is 968. The van der Waals surface area contributed by atoms with E-state index < -0.39 is 0 Å². The number of amides is 1. The summed E-state index contributed by atoms with van der Waals surface area (Å²) in [4.78, 5) is 16.4. The molecule has 3 aromatic rings. The van der Waals surface area contributed by atoms with Crippen molar-refractivity contribution in [3.8, 4) is 11.5 Å². The Balaban J connectivity index is 1.48. The van der Waals surface area contributed by atoms with Gasteiger partial charge in [0.25, 0.3) is 5.91 Å². The van der Waals surface area contributed by atoms with Crippen molar-refractivity contribution < 1.29 is 14.3 Å². The molecule has 1 amide bonds. The van der Waals surface area contributed by atoms with Gasteiger partial charge in [-0.3, -0.25) is 10.1 Å². The van der Waals surface area contributed by atoms with Crippen LogP contribution in [0.1, 0.15) is 10.4 Å². The smallest absolute Gasteiger partial charge is 0.257 e. The fourth-order valence-corrected chi connectivity index (χ4v) is 2.67. The highest BCUT2D eigenvalue weighted by Gasteiger charge is 2.09. The van der Waals surface area contributed by atoms with Crippen molar-refractivity contribution in [3.05, 3.63) is 83.6 Å². The number of nitrogens with one attached hydrogen (secondary N) is 2. The lowest BCUT2D eigenvalue weighted by atomic mass is 10.2. The van der Waals surface area contributed by atoms with E-state index >= 15 is 0 Å². The molecule has 2 aromatic carbocycles. The predicted molar refractivity (Wildman–Crippen MR) is 117 cm³/mol. The van der Waals surface area contributed by atoms with Gasteiger partial charge in [0.1, 0.15) is 29.9 Å². The molecule has 148 valence electrons. The van der Waals surface area contributed by atoms with Crippen LogP contribution in [-0.4, -0.2) is 29.2 Å². The molecule has 29 heavy (non-hydrogen) atoms. The molecule has 0 radical (unpaired) electrons. The molecule has 6 nitrogen and oxygen atoms in total. The normalized spacial score (nSPS) is 10.1. The van der Waals surface area contributed by atoms with Gasteiger partial charge in [-0.25, -0.2) is 4.98 Å². The Hall–Kier alpha value is -3.16. The molecule has 0 bridgehead atoms. The van der Waals surface area contributed by atoms with Gasteiger partial charge < -0.3 is 14.8 Å². The first-order valence-electron chi connectivity index (χ1n) is 8.75. The van der Waals surface area contributed by atoms with Crippen molar-refractivity contribution in [1.82, 2.24) is 10.3 Å². The van der Waals surface area contributed by atoms with Crippen LogP contribution >= 0.6 is 23.8 Å². The Morgan fingerprint density at radius 1 is 0.966 bits per heavy atom. The fourth-order valence-electron chi connectivity index (χ4n) is 2.35. The average Bonchev–Trinajstić information content (AvgIpc) is 2.74. The Morgan fingerprint density at radius 2 is 1.69 bits per heavy atom. The van der Waals surface area contributed by atoms with Crippen LogP contribution in [0.25, 0.3) is 0 Å². The number of benzene rings is 2. The second kappa shape index (κ2) is 10.4. The SMILES string of the molecule is O=C(NC(=S)Nc1ccc(Cl)nc1)c1cccc(OCCOc2ccccc2)c1. The number of para-hydroxylation sites is 1. The summed E-state index contributed by atoms with van der Waals surface area (Å²) in [6, 6.07) is 19.6. The first kappa shape index (κ1) is 20.6. The van der Waals surface area contributed by atoms with Crippen LogP contribution in [0, 0.1) is 0 Å². The van der Waals surface area contributed by atoms with Gasteiger partial charge in [0.15, 0.2) is 5.11 Å². The number of halogens is 1. The summed E-state index contributed by atoms with van der Waals surface area (Å²) in [5.74, 6) is 0.992. The van der Waals surface area contributed by atoms with Gasteiger partial charge in [0.2, 0.25) is 0 Å². The largest absolute Gasteiger partial charge is 0.490 e. The molecule has 8 heteroatoms. The minimum atomic E-state index is -0.351. The number of ether oxygens (including phenoxy) is 2. The van der Waals surface area contributed by atoms with E-state index in [1.165, 1.54) is 6.20 Å². The highest BCUT2D eigenvalue weighted by molar-refractivity contribution is 7.80. The molecule has 0 saturated heterocycles. The highest BCUT2D eigenvalue weighted by Crippen LogP contribution is 2.14. The Labute approximate surface area is 178 Å². The van der Waals surface area contributed by atoms with E-state index in [1.807, 2.05) is 30.3 Å². The third-order valence-corrected chi connectivity index (χ3v) is 4.10. The van der Waals surface area contributed by atoms with Crippen LogP contribution in [0.5, 0.6) is 11.5 Å². The monoisotopic (exact) mass is 427 g/mol. The average molecular weight is 428 g/mol. The number of aromatic nitrogens is 1. The zero-order chi connectivity index (χ0) is 20.5. The van der Waals surface area contributed by atoms with E-state index in [4.69, 9.17) is 33.3 Å². The first-order valence-corrected chi connectivity index (χ1v) is 9.53. The summed E-state index contributed by atoms with van der Waals surface area (Å²) >= 11 is 10.9. The number of nitrogens with zero attached hydrogens (tertiary/aromatic N) is 1. The molecule has 0 saturated carbocycles. The number of anilines is 1. The van der Waals surface area contributed by atoms with Crippen molar-refractivity contribution in [2.45, 2.75) is 0 Å². The van der Waals surface area contributed by atoms with Crippen molar-refractivity contribution in [2.75, 3.05) is 18.5 Å². The molecule has 0 spiro atoms. The molecule has 0 unspecified atom stereocenters. The zero-order valence-corrected chi connectivity index (χ0v) is 16.9. The quantitative estimate of drug-likeness (QED) is 0.332. The molecule has 2 N–H and O–H groups in total. The van der Waals surface area contributed by atoms with Gasteiger partial charge in [0.05, 0.1) is 11.9 Å². The molecule has 1 heterocycles. The Kier molecular flexibility index (Phi) is 7.38. The number of pyridine rings is 1. The van der Waals surface area contributed by atoms with Crippen molar-refractivity contribution in [1.29, 1.82) is 0 Å². The van der Waals surface area contributed by atoms with E-state index in [0.29, 0.717) is 35.4 Å². The molecule has 3 rings (SSSR count). The maximum atomic E-state index is 12.4. The van der Waals surface area contributed by atoms with E-state index in [1.54, 1.807) is 36.4 Å². The van der Waals surface area contributed by atoms with Gasteiger partial charge in [0, 0.05) is 5.56 Å². The van der Waals surface area contributed by atoms with Crippen LogP contribution in [0.2, 0.25) is 5.15 Å². The molecular formula is C21H18ClN3O3S. The minimum Gasteiger partial charge on any atom is -0.490 e. The standard InChI is InChI=1S/C21H18ClN3O3S/c22-19-10-9-16(14-23-19)24-21(29)25-20(26)15-5-4-8-18(13-15)28-12-11-27-17-6-2-1-3-7-17/h1-10,13-14H,11-12H2,(H2,24,25,26,29). The molecule has 0 aliphatic carbocycles. The van der Waals surface area contributed by atoms with Crippen molar-refractivity contribution >= 4 is 40.5 Å². The van der Waals surface area contributed by atoms with Gasteiger partial charge >= 0.3 is 0 Å². The van der Waals surface area contributed by atoms with E-state index in [-0.39, 0.29) is 11.0 Å². The third kappa shape index (κ3) is 6.74. The lowest BCUT2D eigenvalue weighted by Gasteiger charge is -2.11. The van der Waals surface area contributed by atoms with Gasteiger partial charge in [-0.15, -0.1) is 0 Å². The first-order chi connectivity index (χ1) is 14.1. The van der Waals surface area contributed by atoms with E-state index in [9.17, 15) is 4.79 Å². The van der Waals surface area contributed by atoms with Gasteiger partial charge in [-0.1, -0.05) is 35.9 Å². The van der Waals surface area contributed by atoms with Gasteiger partial charge in [-0.2, -0.15) is 0 Å². The molecule has 1 aromatic heterocycles. The summed E-state index contributed by atoms with van der Waals surface area (Å²) in [6.07, 6.45) is 1.52. The van der Waals surface area contributed by atoms with Crippen LogP contribution in [0.3, 0.4) is 0 Å². The molecule has 0 fully saturated rings. The van der Waals surface area contributed by atoms with Crippen LogP contribution in [0.15, 0.2) is 72.9 Å². The molecule has 0 aliphatic rings. The maximum absolute atomic E-state index is 12.4. The summed E-state index contributed by atoms with van der Waals surface area (Å²) in [5, 5.41) is 6.01. The topological polar surface area (TPSA) is 72.5 Å². The summed E-state index contributed by atoms with van der Waals surface area (Å²) in [5.41, 5.74) is 1.04. The third-order valence-electron chi connectivity index (χ3n) is 3.67. The lowest BCUT2D eigenvalue weighted by molar-refractivity contribution is 0.0977. The zero-order valence-electron chi connectivity index (χ0n) is 15.3. The maximum Gasteiger partial charge on any atom is 0.257 e. The summed E-state index contributed by atoms with van der Waals surface area (Å²) < 4.78 is 11.2. The van der Waals surface area contributed by atoms with E-state index in [2.05, 4.69) is 15.6 Å². The fraction of sp³-hybridized carbons (Fsp3) is 0.0952. The van der Waals surface area contributed by atoms with Crippen LogP contribution < -0.4 is 20.1 Å².